The van der Waals surface area contributed by atoms with Gasteiger partial charge in [0.05, 0.1) is 11.0 Å². The van der Waals surface area contributed by atoms with Crippen LogP contribution in [0, 0.1) is 12.7 Å². The van der Waals surface area contributed by atoms with Crippen molar-refractivity contribution in [2.24, 2.45) is 0 Å². The van der Waals surface area contributed by atoms with Crippen molar-refractivity contribution in [3.05, 3.63) is 54.1 Å². The Kier molecular flexibility index (Phi) is 3.86. The maximum atomic E-state index is 14.1. The van der Waals surface area contributed by atoms with E-state index in [1.165, 1.54) is 6.07 Å². The minimum atomic E-state index is -0.278. The molecule has 3 rings (SSSR count). The number of hydrogen-bond acceptors (Lipinski definition) is 2. The van der Waals surface area contributed by atoms with Gasteiger partial charge in [0.25, 0.3) is 0 Å². The zero-order valence-electron chi connectivity index (χ0n) is 13.4. The lowest BCUT2D eigenvalue weighted by Crippen LogP contribution is -2.25. The van der Waals surface area contributed by atoms with E-state index in [1.54, 1.807) is 37.3 Å². The highest BCUT2D eigenvalue weighted by atomic mass is 19.1. The molecule has 0 radical (unpaired) electrons. The van der Waals surface area contributed by atoms with Crippen molar-refractivity contribution in [2.75, 3.05) is 14.1 Å². The van der Waals surface area contributed by atoms with Gasteiger partial charge in [-0.2, -0.15) is 0 Å². The summed E-state index contributed by atoms with van der Waals surface area (Å²) in [7, 11) is 3.44. The molecule has 0 saturated heterocycles. The number of carbonyl (C=O) groups is 1. The summed E-state index contributed by atoms with van der Waals surface area (Å²) in [4.78, 5) is 17.9. The topological polar surface area (TPSA) is 38.1 Å². The molecule has 0 spiro atoms. The average Bonchev–Trinajstić information content (AvgIpc) is 2.92. The van der Waals surface area contributed by atoms with E-state index in [1.807, 2.05) is 29.8 Å². The van der Waals surface area contributed by atoms with Gasteiger partial charge in [0.15, 0.2) is 0 Å². The van der Waals surface area contributed by atoms with E-state index < -0.39 is 0 Å². The number of rotatable bonds is 3. The van der Waals surface area contributed by atoms with Crippen LogP contribution in [0.15, 0.2) is 42.7 Å². The number of halogens is 1. The van der Waals surface area contributed by atoms with E-state index in [-0.39, 0.29) is 18.3 Å². The molecule has 0 unspecified atom stereocenters. The smallest absolute Gasteiger partial charge is 0.241 e. The molecule has 2 aromatic heterocycles. The highest BCUT2D eigenvalue weighted by Gasteiger charge is 2.11. The molecule has 0 saturated carbocycles. The van der Waals surface area contributed by atoms with Crippen molar-refractivity contribution in [3.63, 3.8) is 0 Å². The second-order valence-corrected chi connectivity index (χ2v) is 5.84. The second kappa shape index (κ2) is 5.83. The SMILES string of the molecule is Cc1ccc(F)c(-c2cnc3ccn(CC(=O)N(C)C)c3c2)c1. The van der Waals surface area contributed by atoms with E-state index in [0.29, 0.717) is 11.1 Å². The summed E-state index contributed by atoms with van der Waals surface area (Å²) in [6.07, 6.45) is 3.49. The standard InChI is InChI=1S/C18H18FN3O/c1-12-4-5-15(19)14(8-12)13-9-17-16(20-10-13)6-7-22(17)11-18(23)21(2)3/h4-10H,11H2,1-3H3. The molecule has 0 aliphatic heterocycles. The first-order valence-corrected chi connectivity index (χ1v) is 7.37. The van der Waals surface area contributed by atoms with Crippen LogP contribution >= 0.6 is 0 Å². The van der Waals surface area contributed by atoms with Crippen molar-refractivity contribution < 1.29 is 9.18 Å². The number of carbonyl (C=O) groups excluding carboxylic acids is 1. The van der Waals surface area contributed by atoms with Gasteiger partial charge < -0.3 is 9.47 Å². The monoisotopic (exact) mass is 311 g/mol. The molecule has 4 nitrogen and oxygen atoms in total. The van der Waals surface area contributed by atoms with Crippen molar-refractivity contribution in [2.45, 2.75) is 13.5 Å². The number of pyridine rings is 1. The molecule has 118 valence electrons. The Morgan fingerprint density at radius 1 is 1.26 bits per heavy atom. The summed E-state index contributed by atoms with van der Waals surface area (Å²) < 4.78 is 15.9. The van der Waals surface area contributed by atoms with Gasteiger partial charge in [-0.25, -0.2) is 4.39 Å². The Balaban J connectivity index is 2.07. The minimum Gasteiger partial charge on any atom is -0.347 e. The van der Waals surface area contributed by atoms with E-state index in [9.17, 15) is 9.18 Å². The molecule has 0 N–H and O–H groups in total. The van der Waals surface area contributed by atoms with Crippen LogP contribution in [-0.2, 0) is 11.3 Å². The van der Waals surface area contributed by atoms with Crippen LogP contribution in [0.4, 0.5) is 4.39 Å². The highest BCUT2D eigenvalue weighted by Crippen LogP contribution is 2.26. The molecule has 0 bridgehead atoms. The zero-order valence-corrected chi connectivity index (χ0v) is 13.4. The van der Waals surface area contributed by atoms with E-state index >= 15 is 0 Å². The lowest BCUT2D eigenvalue weighted by molar-refractivity contribution is -0.129. The summed E-state index contributed by atoms with van der Waals surface area (Å²) in [6.45, 7) is 2.16. The lowest BCUT2D eigenvalue weighted by atomic mass is 10.0. The van der Waals surface area contributed by atoms with Crippen molar-refractivity contribution >= 4 is 16.9 Å². The number of aromatic nitrogens is 2. The zero-order chi connectivity index (χ0) is 16.6. The molecule has 0 atom stereocenters. The lowest BCUT2D eigenvalue weighted by Gasteiger charge is -2.12. The highest BCUT2D eigenvalue weighted by molar-refractivity contribution is 5.84. The number of fused-ring (bicyclic) bond motifs is 1. The first kappa shape index (κ1) is 15.2. The van der Waals surface area contributed by atoms with Gasteiger partial charge in [-0.05, 0) is 31.2 Å². The Morgan fingerprint density at radius 3 is 2.78 bits per heavy atom. The number of aryl methyl sites for hydroxylation is 1. The van der Waals surface area contributed by atoms with Gasteiger partial charge >= 0.3 is 0 Å². The minimum absolute atomic E-state index is 0.00496. The number of benzene rings is 1. The molecule has 1 amide bonds. The third kappa shape index (κ3) is 2.95. The number of amides is 1. The predicted octanol–water partition coefficient (Wildman–Crippen LogP) is 3.24. The van der Waals surface area contributed by atoms with Gasteiger partial charge in [-0.3, -0.25) is 9.78 Å². The van der Waals surface area contributed by atoms with Crippen LogP contribution in [0.25, 0.3) is 22.2 Å². The fraction of sp³-hybridized carbons (Fsp3) is 0.222. The van der Waals surface area contributed by atoms with Crippen LogP contribution in [0.2, 0.25) is 0 Å². The molecule has 0 fully saturated rings. The Labute approximate surface area is 134 Å². The summed E-state index contributed by atoms with van der Waals surface area (Å²) in [5, 5.41) is 0. The first-order valence-electron chi connectivity index (χ1n) is 7.37. The number of hydrogen-bond donors (Lipinski definition) is 0. The fourth-order valence-corrected chi connectivity index (χ4v) is 2.50. The van der Waals surface area contributed by atoms with Crippen LogP contribution < -0.4 is 0 Å². The molecule has 23 heavy (non-hydrogen) atoms. The maximum absolute atomic E-state index is 14.1. The van der Waals surface area contributed by atoms with Crippen molar-refractivity contribution in [3.8, 4) is 11.1 Å². The molecule has 0 aliphatic carbocycles. The van der Waals surface area contributed by atoms with Crippen LogP contribution in [-0.4, -0.2) is 34.5 Å². The molecule has 2 heterocycles. The Bertz CT molecular complexity index is 883. The van der Waals surface area contributed by atoms with E-state index in [4.69, 9.17) is 0 Å². The van der Waals surface area contributed by atoms with Gasteiger partial charge in [-0.1, -0.05) is 11.6 Å². The van der Waals surface area contributed by atoms with Crippen LogP contribution in [0.3, 0.4) is 0 Å². The summed E-state index contributed by atoms with van der Waals surface area (Å²) in [5.41, 5.74) is 3.81. The number of nitrogens with zero attached hydrogens (tertiary/aromatic N) is 3. The quantitative estimate of drug-likeness (QED) is 0.745. The van der Waals surface area contributed by atoms with Crippen LogP contribution in [0.1, 0.15) is 5.56 Å². The fourth-order valence-electron chi connectivity index (χ4n) is 2.50. The van der Waals surface area contributed by atoms with Gasteiger partial charge in [0.1, 0.15) is 12.4 Å². The van der Waals surface area contributed by atoms with Gasteiger partial charge in [0, 0.05) is 37.6 Å². The molecule has 5 heteroatoms. The number of likely N-dealkylation sites (N-methyl/N-ethyl adjacent to an activating group) is 1. The summed E-state index contributed by atoms with van der Waals surface area (Å²) in [6, 6.07) is 8.74. The maximum Gasteiger partial charge on any atom is 0.241 e. The van der Waals surface area contributed by atoms with Crippen LogP contribution in [0.5, 0.6) is 0 Å². The third-order valence-electron chi connectivity index (χ3n) is 3.86. The molecule has 1 aromatic carbocycles. The van der Waals surface area contributed by atoms with E-state index in [2.05, 4.69) is 4.98 Å². The van der Waals surface area contributed by atoms with Gasteiger partial charge in [0.2, 0.25) is 5.91 Å². The average molecular weight is 311 g/mol. The molecular weight excluding hydrogens is 293 g/mol. The van der Waals surface area contributed by atoms with Crippen molar-refractivity contribution in [1.82, 2.24) is 14.5 Å². The largest absolute Gasteiger partial charge is 0.347 e. The molecular formula is C18H18FN3O. The van der Waals surface area contributed by atoms with E-state index in [0.717, 1.165) is 16.6 Å². The second-order valence-electron chi connectivity index (χ2n) is 5.84. The Hall–Kier alpha value is -2.69. The molecule has 3 aromatic rings. The van der Waals surface area contributed by atoms with Gasteiger partial charge in [-0.15, -0.1) is 0 Å². The first-order chi connectivity index (χ1) is 11.0. The molecule has 0 aliphatic rings. The summed E-state index contributed by atoms with van der Waals surface area (Å²) >= 11 is 0. The normalized spacial score (nSPS) is 11.0. The van der Waals surface area contributed by atoms with Crippen molar-refractivity contribution in [1.29, 1.82) is 0 Å². The third-order valence-corrected chi connectivity index (χ3v) is 3.86. The Morgan fingerprint density at radius 2 is 2.04 bits per heavy atom. The summed E-state index contributed by atoms with van der Waals surface area (Å²) in [5.74, 6) is -0.283. The predicted molar refractivity (Wildman–Crippen MR) is 88.6 cm³/mol.